The second-order valence-electron chi connectivity index (χ2n) is 4.59. The first-order valence-electron chi connectivity index (χ1n) is 6.62. The second-order valence-corrected chi connectivity index (χ2v) is 4.59. The number of aryl methyl sites for hydroxylation is 1. The summed E-state index contributed by atoms with van der Waals surface area (Å²) in [4.78, 5) is 18.2. The van der Waals surface area contributed by atoms with E-state index in [1.54, 1.807) is 30.3 Å². The number of pyridine rings is 1. The van der Waals surface area contributed by atoms with Gasteiger partial charge in [-0.3, -0.25) is 4.79 Å². The number of rotatable bonds is 2. The molecule has 0 radical (unpaired) electrons. The standard InChI is InChI=1S/C17H17N3O/c1-13-6-3-4-8-16(13)20(2)17(21)15-10-9-14(12-19-15)7-5-11-18/h3-4,6,8-10,12H,11,18H2,1-2H3. The van der Waals surface area contributed by atoms with Crippen LogP contribution in [0.2, 0.25) is 0 Å². The third-order valence-electron chi connectivity index (χ3n) is 3.10. The zero-order valence-electron chi connectivity index (χ0n) is 12.1. The van der Waals surface area contributed by atoms with Gasteiger partial charge in [-0.25, -0.2) is 4.98 Å². The van der Waals surface area contributed by atoms with E-state index in [4.69, 9.17) is 5.73 Å². The van der Waals surface area contributed by atoms with Crippen LogP contribution in [0.4, 0.5) is 5.69 Å². The van der Waals surface area contributed by atoms with Crippen LogP contribution in [-0.4, -0.2) is 24.5 Å². The number of carbonyl (C=O) groups excluding carboxylic acids is 1. The van der Waals surface area contributed by atoms with E-state index in [1.807, 2.05) is 31.2 Å². The van der Waals surface area contributed by atoms with Crippen LogP contribution in [0, 0.1) is 18.8 Å². The molecule has 0 saturated carbocycles. The minimum Gasteiger partial charge on any atom is -0.320 e. The lowest BCUT2D eigenvalue weighted by molar-refractivity contribution is 0.0988. The Bertz CT molecular complexity index is 696. The van der Waals surface area contributed by atoms with Gasteiger partial charge in [0.2, 0.25) is 0 Å². The Morgan fingerprint density at radius 1 is 1.29 bits per heavy atom. The Morgan fingerprint density at radius 2 is 2.05 bits per heavy atom. The highest BCUT2D eigenvalue weighted by molar-refractivity contribution is 6.04. The third kappa shape index (κ3) is 3.47. The monoisotopic (exact) mass is 279 g/mol. The molecule has 1 amide bonds. The fraction of sp³-hybridized carbons (Fsp3) is 0.176. The molecule has 0 aliphatic heterocycles. The molecule has 0 atom stereocenters. The molecule has 0 unspecified atom stereocenters. The molecule has 2 rings (SSSR count). The van der Waals surface area contributed by atoms with Crippen LogP contribution >= 0.6 is 0 Å². The molecular weight excluding hydrogens is 262 g/mol. The van der Waals surface area contributed by atoms with Gasteiger partial charge in [0.25, 0.3) is 5.91 Å². The Morgan fingerprint density at radius 3 is 2.67 bits per heavy atom. The van der Waals surface area contributed by atoms with E-state index < -0.39 is 0 Å². The predicted octanol–water partition coefficient (Wildman–Crippen LogP) is 1.98. The number of anilines is 1. The topological polar surface area (TPSA) is 59.2 Å². The average Bonchev–Trinajstić information content (AvgIpc) is 2.52. The van der Waals surface area contributed by atoms with Crippen molar-refractivity contribution in [2.75, 3.05) is 18.5 Å². The number of hydrogen-bond donors (Lipinski definition) is 1. The van der Waals surface area contributed by atoms with E-state index in [-0.39, 0.29) is 5.91 Å². The Labute approximate surface area is 124 Å². The summed E-state index contributed by atoms with van der Waals surface area (Å²) in [5.41, 5.74) is 8.36. The van der Waals surface area contributed by atoms with Gasteiger partial charge in [-0.05, 0) is 30.7 Å². The third-order valence-corrected chi connectivity index (χ3v) is 3.10. The molecule has 0 bridgehead atoms. The quantitative estimate of drug-likeness (QED) is 0.855. The van der Waals surface area contributed by atoms with Crippen molar-refractivity contribution in [1.29, 1.82) is 0 Å². The fourth-order valence-electron chi connectivity index (χ4n) is 1.97. The number of nitrogens with zero attached hydrogens (tertiary/aromatic N) is 2. The first-order valence-corrected chi connectivity index (χ1v) is 6.62. The molecule has 4 heteroatoms. The van der Waals surface area contributed by atoms with E-state index in [1.165, 1.54) is 0 Å². The van der Waals surface area contributed by atoms with Crippen LogP contribution in [-0.2, 0) is 0 Å². The molecule has 106 valence electrons. The van der Waals surface area contributed by atoms with Crippen LogP contribution in [0.3, 0.4) is 0 Å². The number of aromatic nitrogens is 1. The molecule has 2 aromatic rings. The average molecular weight is 279 g/mol. The Balaban J connectivity index is 2.22. The summed E-state index contributed by atoms with van der Waals surface area (Å²) in [6.07, 6.45) is 1.58. The molecule has 21 heavy (non-hydrogen) atoms. The zero-order chi connectivity index (χ0) is 15.2. The van der Waals surface area contributed by atoms with E-state index >= 15 is 0 Å². The van der Waals surface area contributed by atoms with E-state index in [0.29, 0.717) is 12.2 Å². The van der Waals surface area contributed by atoms with Crippen molar-refractivity contribution in [2.45, 2.75) is 6.92 Å². The molecular formula is C17H17N3O. The summed E-state index contributed by atoms with van der Waals surface area (Å²) < 4.78 is 0. The first-order chi connectivity index (χ1) is 10.1. The number of carbonyl (C=O) groups is 1. The summed E-state index contributed by atoms with van der Waals surface area (Å²) in [5, 5.41) is 0. The molecule has 4 nitrogen and oxygen atoms in total. The molecule has 1 aromatic carbocycles. The highest BCUT2D eigenvalue weighted by Crippen LogP contribution is 2.19. The lowest BCUT2D eigenvalue weighted by atomic mass is 10.1. The minimum absolute atomic E-state index is 0.150. The molecule has 0 aliphatic carbocycles. The summed E-state index contributed by atoms with van der Waals surface area (Å²) in [6, 6.07) is 11.2. The molecule has 0 aliphatic rings. The van der Waals surface area contributed by atoms with Gasteiger partial charge >= 0.3 is 0 Å². The maximum absolute atomic E-state index is 12.4. The second kappa shape index (κ2) is 6.69. The van der Waals surface area contributed by atoms with Crippen LogP contribution in [0.25, 0.3) is 0 Å². The van der Waals surface area contributed by atoms with Gasteiger partial charge in [-0.15, -0.1) is 0 Å². The number of benzene rings is 1. The molecule has 2 N–H and O–H groups in total. The van der Waals surface area contributed by atoms with Gasteiger partial charge in [-0.1, -0.05) is 30.0 Å². The summed E-state index contributed by atoms with van der Waals surface area (Å²) in [6.45, 7) is 2.27. The van der Waals surface area contributed by atoms with Crippen molar-refractivity contribution in [1.82, 2.24) is 4.98 Å². The smallest absolute Gasteiger partial charge is 0.276 e. The van der Waals surface area contributed by atoms with E-state index in [9.17, 15) is 4.79 Å². The van der Waals surface area contributed by atoms with Crippen LogP contribution in [0.15, 0.2) is 42.6 Å². The normalized spacial score (nSPS) is 9.67. The molecule has 1 aromatic heterocycles. The molecule has 0 fully saturated rings. The number of hydrogen-bond acceptors (Lipinski definition) is 3. The predicted molar refractivity (Wildman–Crippen MR) is 84.1 cm³/mol. The van der Waals surface area contributed by atoms with Crippen molar-refractivity contribution in [3.63, 3.8) is 0 Å². The summed E-state index contributed by atoms with van der Waals surface area (Å²) in [5.74, 6) is 5.48. The summed E-state index contributed by atoms with van der Waals surface area (Å²) in [7, 11) is 1.74. The Kier molecular flexibility index (Phi) is 4.70. The Hall–Kier alpha value is -2.64. The SMILES string of the molecule is Cc1ccccc1N(C)C(=O)c1ccc(C#CCN)cn1. The van der Waals surface area contributed by atoms with Gasteiger partial charge in [0, 0.05) is 24.5 Å². The highest BCUT2D eigenvalue weighted by atomic mass is 16.2. The fourth-order valence-corrected chi connectivity index (χ4v) is 1.97. The maximum atomic E-state index is 12.4. The van der Waals surface area contributed by atoms with E-state index in [0.717, 1.165) is 16.8 Å². The number of para-hydroxylation sites is 1. The number of nitrogens with two attached hydrogens (primary N) is 1. The minimum atomic E-state index is -0.150. The molecule has 0 saturated heterocycles. The van der Waals surface area contributed by atoms with Crippen molar-refractivity contribution < 1.29 is 4.79 Å². The van der Waals surface area contributed by atoms with E-state index in [2.05, 4.69) is 16.8 Å². The van der Waals surface area contributed by atoms with Crippen molar-refractivity contribution in [3.8, 4) is 11.8 Å². The van der Waals surface area contributed by atoms with Crippen LogP contribution < -0.4 is 10.6 Å². The highest BCUT2D eigenvalue weighted by Gasteiger charge is 2.15. The summed E-state index contributed by atoms with van der Waals surface area (Å²) >= 11 is 0. The van der Waals surface area contributed by atoms with Gasteiger partial charge in [0.05, 0.1) is 6.54 Å². The lowest BCUT2D eigenvalue weighted by Crippen LogP contribution is -2.27. The largest absolute Gasteiger partial charge is 0.320 e. The first kappa shape index (κ1) is 14.8. The van der Waals surface area contributed by atoms with Gasteiger partial charge in [0.1, 0.15) is 5.69 Å². The van der Waals surface area contributed by atoms with Crippen molar-refractivity contribution in [3.05, 3.63) is 59.4 Å². The maximum Gasteiger partial charge on any atom is 0.276 e. The van der Waals surface area contributed by atoms with Crippen LogP contribution in [0.1, 0.15) is 21.6 Å². The van der Waals surface area contributed by atoms with Crippen molar-refractivity contribution in [2.24, 2.45) is 5.73 Å². The van der Waals surface area contributed by atoms with Crippen molar-refractivity contribution >= 4 is 11.6 Å². The zero-order valence-corrected chi connectivity index (χ0v) is 12.1. The van der Waals surface area contributed by atoms with Gasteiger partial charge in [0.15, 0.2) is 0 Å². The molecule has 0 spiro atoms. The van der Waals surface area contributed by atoms with Crippen LogP contribution in [0.5, 0.6) is 0 Å². The number of amides is 1. The van der Waals surface area contributed by atoms with Gasteiger partial charge < -0.3 is 10.6 Å². The molecule has 1 heterocycles. The lowest BCUT2D eigenvalue weighted by Gasteiger charge is -2.18. The van der Waals surface area contributed by atoms with Gasteiger partial charge in [-0.2, -0.15) is 0 Å².